The minimum absolute atomic E-state index is 0.119. The normalized spacial score (nSPS) is 12.5. The maximum Gasteiger partial charge on any atom is 0.141 e. The molecule has 0 amide bonds. The van der Waals surface area contributed by atoms with E-state index in [1.807, 2.05) is 0 Å². The highest BCUT2D eigenvalue weighted by Crippen LogP contribution is 2.29. The molecule has 0 aliphatic rings. The summed E-state index contributed by atoms with van der Waals surface area (Å²) in [6.45, 7) is 8.40. The van der Waals surface area contributed by atoms with Gasteiger partial charge in [0.25, 0.3) is 0 Å². The topological polar surface area (TPSA) is 20.2 Å². The third-order valence-corrected chi connectivity index (χ3v) is 3.38. The van der Waals surface area contributed by atoms with Gasteiger partial charge in [-0.15, -0.1) is 0 Å². The Morgan fingerprint density at radius 2 is 1.68 bits per heavy atom. The molecule has 0 saturated carbocycles. The zero-order valence-corrected chi connectivity index (χ0v) is 13.0. The van der Waals surface area contributed by atoms with Gasteiger partial charge in [0.15, 0.2) is 0 Å². The third-order valence-electron chi connectivity index (χ3n) is 3.09. The van der Waals surface area contributed by atoms with Gasteiger partial charge in [0.1, 0.15) is 5.82 Å². The lowest BCUT2D eigenvalue weighted by molar-refractivity contribution is 0.000733. The smallest absolute Gasteiger partial charge is 0.141 e. The highest BCUT2D eigenvalue weighted by molar-refractivity contribution is 6.30. The average Bonchev–Trinajstić information content (AvgIpc) is 2.20. The van der Waals surface area contributed by atoms with Crippen molar-refractivity contribution in [3.63, 3.8) is 0 Å². The van der Waals surface area contributed by atoms with Gasteiger partial charge in [0.05, 0.1) is 10.6 Å². The zero-order valence-electron chi connectivity index (χ0n) is 12.2. The highest BCUT2D eigenvalue weighted by atomic mass is 35.5. The van der Waals surface area contributed by atoms with Crippen LogP contribution in [0.1, 0.15) is 46.1 Å². The maximum atomic E-state index is 13.2. The van der Waals surface area contributed by atoms with Crippen molar-refractivity contribution in [2.45, 2.75) is 52.6 Å². The number of hydrogen-bond donors (Lipinski definition) is 1. The van der Waals surface area contributed by atoms with Crippen LogP contribution in [0.25, 0.3) is 0 Å². The predicted molar refractivity (Wildman–Crippen MR) is 79.0 cm³/mol. The lowest BCUT2D eigenvalue weighted by Gasteiger charge is -2.32. The van der Waals surface area contributed by atoms with Crippen LogP contribution in [0.2, 0.25) is 5.02 Å². The summed E-state index contributed by atoms with van der Waals surface area (Å²) in [6.07, 6.45) is 1.99. The van der Waals surface area contributed by atoms with E-state index in [4.69, 9.17) is 11.6 Å². The maximum absolute atomic E-state index is 13.2. The van der Waals surface area contributed by atoms with E-state index in [1.54, 1.807) is 12.1 Å². The Morgan fingerprint density at radius 1 is 1.16 bits per heavy atom. The van der Waals surface area contributed by atoms with Crippen LogP contribution >= 0.6 is 11.6 Å². The van der Waals surface area contributed by atoms with Crippen molar-refractivity contribution in [1.29, 1.82) is 0 Å². The summed E-state index contributed by atoms with van der Waals surface area (Å²) in [5.41, 5.74) is 0.138. The molecule has 0 heterocycles. The first-order chi connectivity index (χ1) is 8.72. The second-order valence-electron chi connectivity index (χ2n) is 6.35. The number of hydrogen-bond acceptors (Lipinski definition) is 1. The first kappa shape index (κ1) is 16.5. The molecule has 0 fully saturated rings. The van der Waals surface area contributed by atoms with Crippen molar-refractivity contribution < 1.29 is 9.50 Å². The lowest BCUT2D eigenvalue weighted by atomic mass is 9.80. The summed E-state index contributed by atoms with van der Waals surface area (Å²) in [7, 11) is 0. The minimum atomic E-state index is -0.747. The molecule has 0 aliphatic carbocycles. The standard InChI is InChI=1S/C16H24ClFO/c1-11(2)8-16(19,9-12(3)4)10-13-5-6-15(18)14(17)7-13/h5-7,11-12,19H,8-10H2,1-4H3. The van der Waals surface area contributed by atoms with Crippen LogP contribution in [0.4, 0.5) is 4.39 Å². The molecule has 0 atom stereocenters. The zero-order chi connectivity index (χ0) is 14.6. The van der Waals surface area contributed by atoms with Crippen LogP contribution in [0.15, 0.2) is 18.2 Å². The molecule has 1 rings (SSSR count). The molecule has 1 aromatic rings. The molecule has 0 unspecified atom stereocenters. The fraction of sp³-hybridized carbons (Fsp3) is 0.625. The number of rotatable bonds is 6. The van der Waals surface area contributed by atoms with Gasteiger partial charge in [-0.1, -0.05) is 45.4 Å². The molecule has 0 aliphatic heterocycles. The molecular formula is C16H24ClFO. The summed E-state index contributed by atoms with van der Waals surface area (Å²) in [5, 5.41) is 10.9. The number of halogens is 2. The van der Waals surface area contributed by atoms with E-state index in [0.717, 1.165) is 18.4 Å². The van der Waals surface area contributed by atoms with Crippen molar-refractivity contribution >= 4 is 11.6 Å². The Morgan fingerprint density at radius 3 is 2.11 bits per heavy atom. The monoisotopic (exact) mass is 286 g/mol. The second-order valence-corrected chi connectivity index (χ2v) is 6.75. The van der Waals surface area contributed by atoms with Crippen molar-refractivity contribution in [2.24, 2.45) is 11.8 Å². The molecular weight excluding hydrogens is 263 g/mol. The Balaban J connectivity index is 2.89. The largest absolute Gasteiger partial charge is 0.390 e. The van der Waals surface area contributed by atoms with Gasteiger partial charge >= 0.3 is 0 Å². The number of benzene rings is 1. The van der Waals surface area contributed by atoms with Crippen LogP contribution in [0.5, 0.6) is 0 Å². The molecule has 19 heavy (non-hydrogen) atoms. The summed E-state index contributed by atoms with van der Waals surface area (Å²) in [4.78, 5) is 0. The van der Waals surface area contributed by atoms with Gasteiger partial charge in [-0.2, -0.15) is 0 Å². The first-order valence-electron chi connectivity index (χ1n) is 6.88. The quantitative estimate of drug-likeness (QED) is 0.793. The minimum Gasteiger partial charge on any atom is -0.390 e. The van der Waals surface area contributed by atoms with E-state index in [1.165, 1.54) is 6.07 Å². The molecule has 0 bridgehead atoms. The van der Waals surface area contributed by atoms with Gasteiger partial charge < -0.3 is 5.11 Å². The summed E-state index contributed by atoms with van der Waals surface area (Å²) < 4.78 is 13.2. The molecule has 1 N–H and O–H groups in total. The SMILES string of the molecule is CC(C)CC(O)(Cc1ccc(F)c(Cl)c1)CC(C)C. The molecule has 3 heteroatoms. The molecule has 0 saturated heterocycles. The predicted octanol–water partition coefficient (Wildman–Crippen LogP) is 4.84. The van der Waals surface area contributed by atoms with Gasteiger partial charge in [-0.05, 0) is 42.4 Å². The summed E-state index contributed by atoms with van der Waals surface area (Å²) in [6, 6.07) is 4.68. The fourth-order valence-electron chi connectivity index (χ4n) is 2.78. The van der Waals surface area contributed by atoms with Crippen LogP contribution in [0.3, 0.4) is 0 Å². The number of aliphatic hydroxyl groups is 1. The molecule has 0 aromatic heterocycles. The third kappa shape index (κ3) is 5.50. The van der Waals surface area contributed by atoms with Gasteiger partial charge in [-0.25, -0.2) is 4.39 Å². The Bertz CT molecular complexity index is 405. The van der Waals surface area contributed by atoms with Crippen molar-refractivity contribution in [3.05, 3.63) is 34.6 Å². The van der Waals surface area contributed by atoms with Crippen LogP contribution in [0, 0.1) is 17.7 Å². The van der Waals surface area contributed by atoms with Gasteiger partial charge in [-0.3, -0.25) is 0 Å². The highest BCUT2D eigenvalue weighted by Gasteiger charge is 2.29. The Kier molecular flexibility index (Phi) is 5.82. The van der Waals surface area contributed by atoms with Crippen LogP contribution < -0.4 is 0 Å². The van der Waals surface area contributed by atoms with Crippen molar-refractivity contribution in [2.75, 3.05) is 0 Å². The Hall–Kier alpha value is -0.600. The van der Waals surface area contributed by atoms with E-state index >= 15 is 0 Å². The van der Waals surface area contributed by atoms with E-state index in [0.29, 0.717) is 18.3 Å². The molecule has 0 spiro atoms. The Labute approximate surface area is 120 Å². The molecule has 108 valence electrons. The van der Waals surface area contributed by atoms with E-state index in [-0.39, 0.29) is 5.02 Å². The summed E-state index contributed by atoms with van der Waals surface area (Å²) >= 11 is 5.80. The van der Waals surface area contributed by atoms with E-state index in [2.05, 4.69) is 27.7 Å². The van der Waals surface area contributed by atoms with E-state index in [9.17, 15) is 9.50 Å². The molecule has 0 radical (unpaired) electrons. The van der Waals surface area contributed by atoms with Crippen molar-refractivity contribution in [1.82, 2.24) is 0 Å². The lowest BCUT2D eigenvalue weighted by Crippen LogP contribution is -2.34. The molecule has 1 nitrogen and oxygen atoms in total. The van der Waals surface area contributed by atoms with Gasteiger partial charge in [0.2, 0.25) is 0 Å². The van der Waals surface area contributed by atoms with Gasteiger partial charge in [0, 0.05) is 6.42 Å². The van der Waals surface area contributed by atoms with Crippen LogP contribution in [-0.4, -0.2) is 10.7 Å². The second kappa shape index (κ2) is 6.71. The van der Waals surface area contributed by atoms with Crippen LogP contribution in [-0.2, 0) is 6.42 Å². The summed E-state index contributed by atoms with van der Waals surface area (Å²) in [5.74, 6) is 0.418. The molecule has 1 aromatic carbocycles. The fourth-order valence-corrected chi connectivity index (χ4v) is 2.98. The average molecular weight is 287 g/mol. The van der Waals surface area contributed by atoms with E-state index < -0.39 is 11.4 Å². The first-order valence-corrected chi connectivity index (χ1v) is 7.26. The van der Waals surface area contributed by atoms with Crippen molar-refractivity contribution in [3.8, 4) is 0 Å².